The summed E-state index contributed by atoms with van der Waals surface area (Å²) < 4.78 is 11.6. The third kappa shape index (κ3) is 4.52. The number of quaternary nitrogens is 1. The van der Waals surface area contributed by atoms with E-state index in [0.29, 0.717) is 6.04 Å². The second-order valence-corrected chi connectivity index (χ2v) is 6.89. The van der Waals surface area contributed by atoms with Crippen molar-refractivity contribution in [2.45, 2.75) is 39.2 Å². The van der Waals surface area contributed by atoms with Gasteiger partial charge in [0, 0.05) is 17.5 Å². The van der Waals surface area contributed by atoms with Crippen LogP contribution in [0.4, 0.5) is 0 Å². The van der Waals surface area contributed by atoms with Gasteiger partial charge in [0.15, 0.2) is 0 Å². The van der Waals surface area contributed by atoms with Crippen molar-refractivity contribution in [2.75, 3.05) is 26.8 Å². The number of nitrogens with one attached hydrogen (secondary N) is 1. The van der Waals surface area contributed by atoms with Crippen molar-refractivity contribution < 1.29 is 26.8 Å². The molecular weight excluding hydrogens is 346 g/mol. The lowest BCUT2D eigenvalue weighted by Gasteiger charge is -2.33. The summed E-state index contributed by atoms with van der Waals surface area (Å²) in [5.74, 6) is 1.95. The van der Waals surface area contributed by atoms with E-state index in [1.165, 1.54) is 42.6 Å². The normalized spacial score (nSPS) is 15.8. The van der Waals surface area contributed by atoms with Crippen LogP contribution in [0.25, 0.3) is 11.1 Å². The number of hydrogen-bond donors (Lipinski definition) is 1. The highest BCUT2D eigenvalue weighted by atomic mass is 35.5. The summed E-state index contributed by atoms with van der Waals surface area (Å²) in [7, 11) is 1.70. The van der Waals surface area contributed by atoms with Gasteiger partial charge in [-0.2, -0.15) is 0 Å². The third-order valence-electron chi connectivity index (χ3n) is 5.11. The molecule has 0 spiro atoms. The van der Waals surface area contributed by atoms with E-state index < -0.39 is 0 Å². The Balaban J connectivity index is 0.00000243. The van der Waals surface area contributed by atoms with Gasteiger partial charge in [0.2, 0.25) is 0 Å². The molecule has 0 saturated heterocycles. The Morgan fingerprint density at radius 3 is 2.35 bits per heavy atom. The number of halogens is 1. The van der Waals surface area contributed by atoms with Crippen LogP contribution in [0.5, 0.6) is 11.5 Å². The van der Waals surface area contributed by atoms with Crippen LogP contribution >= 0.6 is 0 Å². The number of benzene rings is 2. The maximum atomic E-state index is 6.30. The lowest BCUT2D eigenvalue weighted by Crippen LogP contribution is -3.16. The summed E-state index contributed by atoms with van der Waals surface area (Å²) in [5, 5.41) is 0. The number of rotatable bonds is 7. The molecule has 2 aromatic rings. The molecule has 142 valence electrons. The Bertz CT molecular complexity index is 681. The van der Waals surface area contributed by atoms with Gasteiger partial charge >= 0.3 is 0 Å². The zero-order valence-corrected chi connectivity index (χ0v) is 16.8. The molecule has 0 radical (unpaired) electrons. The zero-order chi connectivity index (χ0) is 17.6. The van der Waals surface area contributed by atoms with Crippen molar-refractivity contribution in [3.63, 3.8) is 0 Å². The lowest BCUT2D eigenvalue weighted by molar-refractivity contribution is -0.926. The summed E-state index contributed by atoms with van der Waals surface area (Å²) in [6.45, 7) is 7.82. The maximum Gasteiger partial charge on any atom is 0.140 e. The van der Waals surface area contributed by atoms with Crippen molar-refractivity contribution in [1.29, 1.82) is 0 Å². The first-order valence-corrected chi connectivity index (χ1v) is 9.50. The minimum Gasteiger partial charge on any atom is -1.00 e. The molecule has 3 nitrogen and oxygen atoms in total. The zero-order valence-electron chi connectivity index (χ0n) is 16.1. The third-order valence-corrected chi connectivity index (χ3v) is 5.11. The summed E-state index contributed by atoms with van der Waals surface area (Å²) in [6, 6.07) is 15.3. The second kappa shape index (κ2) is 9.84. The molecule has 1 N–H and O–H groups in total. The van der Waals surface area contributed by atoms with Crippen LogP contribution in [0.1, 0.15) is 32.3 Å². The summed E-state index contributed by atoms with van der Waals surface area (Å²) in [4.78, 5) is 1.69. The first-order chi connectivity index (χ1) is 12.3. The van der Waals surface area contributed by atoms with Crippen LogP contribution in [0.15, 0.2) is 42.5 Å². The first kappa shape index (κ1) is 20.6. The molecule has 1 atom stereocenters. The van der Waals surface area contributed by atoms with E-state index in [1.54, 1.807) is 12.0 Å². The Kier molecular flexibility index (Phi) is 7.80. The molecule has 4 heteroatoms. The van der Waals surface area contributed by atoms with E-state index in [4.69, 9.17) is 9.47 Å². The van der Waals surface area contributed by atoms with Gasteiger partial charge in [0.1, 0.15) is 24.1 Å². The van der Waals surface area contributed by atoms with E-state index >= 15 is 0 Å². The standard InChI is InChI=1S/C22H29NO2.ClH/c1-4-13-23(14-5-2)19-15-18-7-6-8-21(22(18)25-16-19)17-9-11-20(24-3)12-10-17;/h6-12,19H,4-5,13-16H2,1-3H3;1H/t19-;/m1./s1. The molecule has 0 saturated carbocycles. The summed E-state index contributed by atoms with van der Waals surface area (Å²) in [5.41, 5.74) is 3.71. The largest absolute Gasteiger partial charge is 1.00 e. The van der Waals surface area contributed by atoms with E-state index in [1.807, 2.05) is 12.1 Å². The SMILES string of the molecule is CCC[NH+](CCC)[C@H]1COc2c(cccc2-c2ccc(OC)cc2)C1.[Cl-]. The molecule has 2 aromatic carbocycles. The molecule has 1 aliphatic rings. The topological polar surface area (TPSA) is 22.9 Å². The minimum atomic E-state index is 0. The fourth-order valence-corrected chi connectivity index (χ4v) is 3.86. The Morgan fingerprint density at radius 1 is 1.04 bits per heavy atom. The molecule has 1 aliphatic heterocycles. The number of para-hydroxylation sites is 1. The molecule has 0 aliphatic carbocycles. The van der Waals surface area contributed by atoms with Gasteiger partial charge in [-0.15, -0.1) is 0 Å². The molecule has 0 aromatic heterocycles. The minimum absolute atomic E-state index is 0. The van der Waals surface area contributed by atoms with Crippen molar-refractivity contribution >= 4 is 0 Å². The number of ether oxygens (including phenoxy) is 2. The van der Waals surface area contributed by atoms with Crippen LogP contribution in [0.3, 0.4) is 0 Å². The Hall–Kier alpha value is -1.71. The summed E-state index contributed by atoms with van der Waals surface area (Å²) in [6.07, 6.45) is 3.56. The van der Waals surface area contributed by atoms with Gasteiger partial charge in [-0.1, -0.05) is 44.2 Å². The second-order valence-electron chi connectivity index (χ2n) is 6.89. The lowest BCUT2D eigenvalue weighted by atomic mass is 9.95. The first-order valence-electron chi connectivity index (χ1n) is 9.50. The van der Waals surface area contributed by atoms with Crippen LogP contribution in [-0.2, 0) is 6.42 Å². The van der Waals surface area contributed by atoms with Gasteiger partial charge in [-0.05, 0) is 30.5 Å². The Morgan fingerprint density at radius 2 is 1.73 bits per heavy atom. The van der Waals surface area contributed by atoms with E-state index in [-0.39, 0.29) is 12.4 Å². The molecule has 1 heterocycles. The predicted octanol–water partition coefficient (Wildman–Crippen LogP) is 0.375. The molecular formula is C22H30ClNO2. The van der Waals surface area contributed by atoms with Gasteiger partial charge in [0.05, 0.1) is 20.2 Å². The van der Waals surface area contributed by atoms with Crippen molar-refractivity contribution in [1.82, 2.24) is 0 Å². The van der Waals surface area contributed by atoms with Crippen LogP contribution in [-0.4, -0.2) is 32.8 Å². The predicted molar refractivity (Wildman–Crippen MR) is 103 cm³/mol. The fraction of sp³-hybridized carbons (Fsp3) is 0.455. The molecule has 0 fully saturated rings. The maximum absolute atomic E-state index is 6.30. The van der Waals surface area contributed by atoms with Crippen molar-refractivity contribution in [3.05, 3.63) is 48.0 Å². The van der Waals surface area contributed by atoms with Gasteiger partial charge < -0.3 is 26.8 Å². The van der Waals surface area contributed by atoms with Crippen molar-refractivity contribution in [2.24, 2.45) is 0 Å². The number of methoxy groups -OCH3 is 1. The fourth-order valence-electron chi connectivity index (χ4n) is 3.86. The van der Waals surface area contributed by atoms with Crippen LogP contribution < -0.4 is 26.8 Å². The quantitative estimate of drug-likeness (QED) is 0.756. The average Bonchev–Trinajstić information content (AvgIpc) is 2.67. The van der Waals surface area contributed by atoms with E-state index in [9.17, 15) is 0 Å². The highest BCUT2D eigenvalue weighted by molar-refractivity contribution is 5.73. The van der Waals surface area contributed by atoms with Crippen molar-refractivity contribution in [3.8, 4) is 22.6 Å². The molecule has 26 heavy (non-hydrogen) atoms. The van der Waals surface area contributed by atoms with Crippen LogP contribution in [0.2, 0.25) is 0 Å². The molecule has 3 rings (SSSR count). The van der Waals surface area contributed by atoms with E-state index in [2.05, 4.69) is 44.2 Å². The smallest absolute Gasteiger partial charge is 0.140 e. The number of fused-ring (bicyclic) bond motifs is 1. The molecule has 0 amide bonds. The Labute approximate surface area is 163 Å². The van der Waals surface area contributed by atoms with Gasteiger partial charge in [0.25, 0.3) is 0 Å². The highest BCUT2D eigenvalue weighted by Gasteiger charge is 2.29. The van der Waals surface area contributed by atoms with E-state index in [0.717, 1.165) is 24.5 Å². The van der Waals surface area contributed by atoms with Gasteiger partial charge in [-0.25, -0.2) is 0 Å². The monoisotopic (exact) mass is 375 g/mol. The van der Waals surface area contributed by atoms with Gasteiger partial charge in [-0.3, -0.25) is 0 Å². The molecule has 0 bridgehead atoms. The molecule has 0 unspecified atom stereocenters. The average molecular weight is 376 g/mol. The summed E-state index contributed by atoms with van der Waals surface area (Å²) >= 11 is 0. The highest BCUT2D eigenvalue weighted by Crippen LogP contribution is 2.36. The van der Waals surface area contributed by atoms with Crippen LogP contribution in [0, 0.1) is 0 Å². The number of hydrogen-bond acceptors (Lipinski definition) is 2.